The van der Waals surface area contributed by atoms with E-state index in [4.69, 9.17) is 16.3 Å². The third-order valence-electron chi connectivity index (χ3n) is 7.65. The topological polar surface area (TPSA) is 110 Å². The first-order valence-electron chi connectivity index (χ1n) is 14.8. The molecule has 0 fully saturated rings. The van der Waals surface area contributed by atoms with Gasteiger partial charge >= 0.3 is 0 Å². The lowest BCUT2D eigenvalue weighted by molar-refractivity contribution is 0.0946. The fraction of sp³-hybridized carbons (Fsp3) is 0.257. The first-order valence-corrected chi connectivity index (χ1v) is 17.0. The zero-order valence-electron chi connectivity index (χ0n) is 25.3. The van der Waals surface area contributed by atoms with Crippen molar-refractivity contribution < 1.29 is 22.7 Å². The van der Waals surface area contributed by atoms with Gasteiger partial charge < -0.3 is 19.6 Å². The molecular formula is C35H36ClN3O5S. The molecule has 0 aliphatic carbocycles. The number of carbonyl (C=O) groups excluding carboxylic acids is 2. The van der Waals surface area contributed by atoms with Gasteiger partial charge in [-0.2, -0.15) is 0 Å². The summed E-state index contributed by atoms with van der Waals surface area (Å²) >= 11 is 6.27. The van der Waals surface area contributed by atoms with Gasteiger partial charge in [-0.1, -0.05) is 60.1 Å². The number of halogens is 1. The number of fused-ring (bicyclic) bond motifs is 1. The molecule has 0 unspecified atom stereocenters. The molecule has 2 N–H and O–H groups in total. The fourth-order valence-corrected chi connectivity index (χ4v) is 6.63. The zero-order chi connectivity index (χ0) is 32.0. The van der Waals surface area contributed by atoms with Crippen molar-refractivity contribution in [2.24, 2.45) is 0 Å². The lowest BCUT2D eigenvalue weighted by atomic mass is 10.0. The van der Waals surface area contributed by atoms with E-state index in [1.165, 1.54) is 0 Å². The van der Waals surface area contributed by atoms with Gasteiger partial charge in [0.05, 0.1) is 18.1 Å². The maximum Gasteiger partial charge on any atom is 0.267 e. The van der Waals surface area contributed by atoms with Crippen molar-refractivity contribution in [3.8, 4) is 5.75 Å². The summed E-state index contributed by atoms with van der Waals surface area (Å²) in [4.78, 5) is 29.4. The van der Waals surface area contributed by atoms with E-state index in [2.05, 4.69) is 10.3 Å². The summed E-state index contributed by atoms with van der Waals surface area (Å²) in [6.45, 7) is 4.69. The number of aromatic amines is 1. The molecule has 45 heavy (non-hydrogen) atoms. The second-order valence-electron chi connectivity index (χ2n) is 11.1. The van der Waals surface area contributed by atoms with Crippen LogP contribution < -0.4 is 10.1 Å². The first kappa shape index (κ1) is 32.1. The molecule has 0 bridgehead atoms. The lowest BCUT2D eigenvalue weighted by Gasteiger charge is -2.11. The maximum atomic E-state index is 13.4. The van der Waals surface area contributed by atoms with Crippen LogP contribution in [-0.4, -0.2) is 54.3 Å². The van der Waals surface area contributed by atoms with Gasteiger partial charge in [0.25, 0.3) is 5.91 Å². The molecule has 0 radical (unpaired) electrons. The lowest BCUT2D eigenvalue weighted by Crippen LogP contribution is -2.32. The van der Waals surface area contributed by atoms with Crippen molar-refractivity contribution in [3.05, 3.63) is 124 Å². The molecule has 0 aliphatic rings. The number of Topliss-reactive ketones (excluding diaryl/α,β-unsaturated/α-hetero) is 1. The first-order chi connectivity index (χ1) is 21.6. The highest BCUT2D eigenvalue weighted by atomic mass is 35.5. The van der Waals surface area contributed by atoms with Crippen LogP contribution in [0.1, 0.15) is 49.7 Å². The van der Waals surface area contributed by atoms with Gasteiger partial charge in [0, 0.05) is 35.2 Å². The van der Waals surface area contributed by atoms with Gasteiger partial charge in [0.15, 0.2) is 15.6 Å². The monoisotopic (exact) mass is 645 g/mol. The van der Waals surface area contributed by atoms with Gasteiger partial charge in [-0.3, -0.25) is 9.59 Å². The Balaban J connectivity index is 1.18. The van der Waals surface area contributed by atoms with Crippen LogP contribution >= 0.6 is 11.6 Å². The quantitative estimate of drug-likeness (QED) is 0.108. The second-order valence-corrected chi connectivity index (χ2v) is 13.7. The van der Waals surface area contributed by atoms with E-state index in [0.717, 1.165) is 43.9 Å². The number of aromatic nitrogens is 2. The molecule has 2 aromatic heterocycles. The van der Waals surface area contributed by atoms with Gasteiger partial charge in [0.1, 0.15) is 17.2 Å². The Labute approximate surface area is 268 Å². The van der Waals surface area contributed by atoms with Crippen LogP contribution in [-0.2, 0) is 22.8 Å². The van der Waals surface area contributed by atoms with Crippen LogP contribution in [0.2, 0.25) is 5.02 Å². The van der Waals surface area contributed by atoms with Crippen LogP contribution in [0.4, 0.5) is 0 Å². The molecule has 0 atom stereocenters. The Morgan fingerprint density at radius 1 is 0.956 bits per heavy atom. The fourth-order valence-electron chi connectivity index (χ4n) is 5.42. The average Bonchev–Trinajstić information content (AvgIpc) is 3.63. The van der Waals surface area contributed by atoms with Crippen molar-refractivity contribution in [2.45, 2.75) is 33.2 Å². The highest BCUT2D eigenvalue weighted by Gasteiger charge is 2.24. The van der Waals surface area contributed by atoms with E-state index in [0.29, 0.717) is 37.4 Å². The Hall–Kier alpha value is -4.34. The van der Waals surface area contributed by atoms with E-state index in [-0.39, 0.29) is 18.2 Å². The normalized spacial score (nSPS) is 11.5. The molecule has 5 rings (SSSR count). The number of aryl methyl sites for hydroxylation is 3. The molecule has 0 spiro atoms. The molecule has 3 aromatic carbocycles. The van der Waals surface area contributed by atoms with Crippen molar-refractivity contribution in [2.75, 3.05) is 24.7 Å². The number of nitrogens with one attached hydrogen (secondary N) is 2. The number of rotatable bonds is 14. The molecule has 0 saturated heterocycles. The van der Waals surface area contributed by atoms with Crippen LogP contribution in [0, 0.1) is 13.8 Å². The number of hydrogen-bond donors (Lipinski definition) is 2. The summed E-state index contributed by atoms with van der Waals surface area (Å²) in [6.07, 6.45) is 2.95. The SMILES string of the molecule is Cc1cc(OCCCc2c(C(=O)CS(=O)(=O)CCNC(=O)c3cccn3Cc3ccccc3)[nH]c3ccccc23)cc(C)c1Cl. The van der Waals surface area contributed by atoms with Crippen LogP contribution in [0.15, 0.2) is 85.1 Å². The number of hydrogen-bond acceptors (Lipinski definition) is 5. The number of amides is 1. The Morgan fingerprint density at radius 2 is 1.67 bits per heavy atom. The van der Waals surface area contributed by atoms with Gasteiger partial charge in [-0.15, -0.1) is 0 Å². The number of benzene rings is 3. The smallest absolute Gasteiger partial charge is 0.267 e. The largest absolute Gasteiger partial charge is 0.494 e. The predicted molar refractivity (Wildman–Crippen MR) is 178 cm³/mol. The molecule has 1 amide bonds. The summed E-state index contributed by atoms with van der Waals surface area (Å²) in [5.74, 6) is -1.16. The third kappa shape index (κ3) is 8.04. The van der Waals surface area contributed by atoms with E-state index in [1.54, 1.807) is 18.3 Å². The van der Waals surface area contributed by atoms with Crippen LogP contribution in [0.3, 0.4) is 0 Å². The number of para-hydroxylation sites is 1. The summed E-state index contributed by atoms with van der Waals surface area (Å²) in [6, 6.07) is 24.5. The Bertz CT molecular complexity index is 1910. The zero-order valence-corrected chi connectivity index (χ0v) is 26.9. The van der Waals surface area contributed by atoms with E-state index < -0.39 is 21.4 Å². The minimum absolute atomic E-state index is 0.106. The summed E-state index contributed by atoms with van der Waals surface area (Å²) in [5, 5.41) is 4.29. The highest BCUT2D eigenvalue weighted by molar-refractivity contribution is 7.92. The van der Waals surface area contributed by atoms with Gasteiger partial charge in [-0.25, -0.2) is 8.42 Å². The number of H-pyrrole nitrogens is 1. The van der Waals surface area contributed by atoms with E-state index in [1.807, 2.05) is 85.1 Å². The highest BCUT2D eigenvalue weighted by Crippen LogP contribution is 2.27. The number of carbonyl (C=O) groups is 2. The van der Waals surface area contributed by atoms with Crippen molar-refractivity contribution in [1.82, 2.24) is 14.9 Å². The molecule has 5 aromatic rings. The standard InChI is InChI=1S/C35H36ClN3O5S/c1-24-20-27(21-25(2)33(24)36)44-18-9-13-29-28-12-6-7-14-30(28)38-34(29)32(40)23-45(42,43)19-16-37-35(41)31-15-8-17-39(31)22-26-10-4-3-5-11-26/h3-8,10-12,14-15,17,20-21,38H,9,13,16,18-19,22-23H2,1-2H3,(H,37,41). The Kier molecular flexibility index (Phi) is 10.1. The predicted octanol–water partition coefficient (Wildman–Crippen LogP) is 6.33. The molecule has 234 valence electrons. The molecule has 0 saturated carbocycles. The minimum Gasteiger partial charge on any atom is -0.494 e. The van der Waals surface area contributed by atoms with Crippen molar-refractivity contribution in [1.29, 1.82) is 0 Å². The number of nitrogens with zero attached hydrogens (tertiary/aromatic N) is 1. The minimum atomic E-state index is -3.81. The summed E-state index contributed by atoms with van der Waals surface area (Å²) in [7, 11) is -3.81. The van der Waals surface area contributed by atoms with E-state index >= 15 is 0 Å². The maximum absolute atomic E-state index is 13.4. The Morgan fingerprint density at radius 3 is 2.42 bits per heavy atom. The molecule has 2 heterocycles. The van der Waals surface area contributed by atoms with Crippen LogP contribution in [0.25, 0.3) is 10.9 Å². The molecule has 10 heteroatoms. The molecular weight excluding hydrogens is 610 g/mol. The van der Waals surface area contributed by atoms with E-state index in [9.17, 15) is 18.0 Å². The number of ether oxygens (including phenoxy) is 1. The summed E-state index contributed by atoms with van der Waals surface area (Å²) in [5.41, 5.74) is 5.18. The number of ketones is 1. The third-order valence-corrected chi connectivity index (χ3v) is 9.77. The second kappa shape index (κ2) is 14.2. The average molecular weight is 646 g/mol. The molecule has 8 nitrogen and oxygen atoms in total. The van der Waals surface area contributed by atoms with Gasteiger partial charge in [0.2, 0.25) is 0 Å². The van der Waals surface area contributed by atoms with Crippen molar-refractivity contribution >= 4 is 44.0 Å². The number of sulfone groups is 1. The summed E-state index contributed by atoms with van der Waals surface area (Å²) < 4.78 is 33.7. The van der Waals surface area contributed by atoms with Crippen molar-refractivity contribution in [3.63, 3.8) is 0 Å². The molecule has 0 aliphatic heterocycles. The van der Waals surface area contributed by atoms with Gasteiger partial charge in [-0.05, 0) is 79.3 Å². The van der Waals surface area contributed by atoms with Crippen LogP contribution in [0.5, 0.6) is 5.75 Å².